The largest absolute Gasteiger partial charge is 0.506 e. The van der Waals surface area contributed by atoms with Crippen molar-refractivity contribution in [3.8, 4) is 5.75 Å². The van der Waals surface area contributed by atoms with Crippen LogP contribution in [-0.2, 0) is 17.8 Å². The summed E-state index contributed by atoms with van der Waals surface area (Å²) < 4.78 is 1.04. The molecule has 1 atom stereocenters. The first kappa shape index (κ1) is 33.0. The summed E-state index contributed by atoms with van der Waals surface area (Å²) in [5, 5.41) is 16.2. The SMILES string of the molecule is CN1CCN(C2CCN(C(=O)[C@@H](Cc3cc(Br)c(O)c(Br)c3)NC(=O)N3CCC(N4Cc5ccncc5NC4=O)CC3)CC2)CC1. The molecular weight excluding hydrogens is 720 g/mol. The van der Waals surface area contributed by atoms with E-state index in [-0.39, 0.29) is 29.8 Å². The molecule has 1 aromatic carbocycles. The maximum absolute atomic E-state index is 14.0. The molecule has 248 valence electrons. The highest BCUT2D eigenvalue weighted by Crippen LogP contribution is 2.34. The summed E-state index contributed by atoms with van der Waals surface area (Å²) in [5.74, 6) is 0.00517. The average molecular weight is 763 g/mol. The summed E-state index contributed by atoms with van der Waals surface area (Å²) in [6.45, 7) is 7.05. The molecule has 0 unspecified atom stereocenters. The summed E-state index contributed by atoms with van der Waals surface area (Å²) in [5.41, 5.74) is 2.58. The Bertz CT molecular complexity index is 1420. The quantitative estimate of drug-likeness (QED) is 0.411. The highest BCUT2D eigenvalue weighted by atomic mass is 79.9. The predicted octanol–water partition coefficient (Wildman–Crippen LogP) is 3.68. The number of piperazine rings is 1. The van der Waals surface area contributed by atoms with Gasteiger partial charge in [0.05, 0.1) is 20.8 Å². The molecule has 46 heavy (non-hydrogen) atoms. The summed E-state index contributed by atoms with van der Waals surface area (Å²) in [4.78, 5) is 55.0. The van der Waals surface area contributed by atoms with Crippen LogP contribution in [0.2, 0.25) is 0 Å². The van der Waals surface area contributed by atoms with Crippen LogP contribution in [0.5, 0.6) is 5.75 Å². The van der Waals surface area contributed by atoms with Crippen LogP contribution in [0.1, 0.15) is 36.8 Å². The Hall–Kier alpha value is -2.94. The van der Waals surface area contributed by atoms with E-state index in [4.69, 9.17) is 0 Å². The molecule has 4 aliphatic heterocycles. The number of anilines is 1. The molecule has 5 amide bonds. The van der Waals surface area contributed by atoms with Gasteiger partial charge in [-0.1, -0.05) is 0 Å². The lowest BCUT2D eigenvalue weighted by Crippen LogP contribution is -2.58. The van der Waals surface area contributed by atoms with E-state index in [0.717, 1.165) is 55.8 Å². The van der Waals surface area contributed by atoms with Crippen LogP contribution >= 0.6 is 31.9 Å². The minimum Gasteiger partial charge on any atom is -0.506 e. The number of aromatic hydroxyl groups is 1. The van der Waals surface area contributed by atoms with Crippen molar-refractivity contribution in [3.63, 3.8) is 0 Å². The second kappa shape index (κ2) is 14.4. The molecule has 4 aliphatic rings. The number of urea groups is 2. The fraction of sp³-hybridized carbons (Fsp3) is 0.562. The number of hydrogen-bond acceptors (Lipinski definition) is 7. The Morgan fingerprint density at radius 3 is 2.28 bits per heavy atom. The number of hydrogen-bond donors (Lipinski definition) is 3. The number of likely N-dealkylation sites (N-methyl/N-ethyl adjacent to an activating group) is 1. The van der Waals surface area contributed by atoms with Crippen LogP contribution in [0.4, 0.5) is 15.3 Å². The number of fused-ring (bicyclic) bond motifs is 1. The third-order valence-electron chi connectivity index (χ3n) is 9.89. The molecule has 14 heteroatoms. The van der Waals surface area contributed by atoms with E-state index < -0.39 is 6.04 Å². The molecule has 0 bridgehead atoms. The molecule has 0 spiro atoms. The lowest BCUT2D eigenvalue weighted by Gasteiger charge is -2.43. The van der Waals surface area contributed by atoms with Gasteiger partial charge in [-0.15, -0.1) is 0 Å². The zero-order chi connectivity index (χ0) is 32.4. The number of nitrogens with zero attached hydrogens (tertiary/aromatic N) is 6. The smallest absolute Gasteiger partial charge is 0.322 e. The molecule has 3 saturated heterocycles. The normalized spacial score (nSPS) is 21.1. The van der Waals surface area contributed by atoms with Gasteiger partial charge < -0.3 is 35.3 Å². The van der Waals surface area contributed by atoms with Crippen LogP contribution < -0.4 is 10.6 Å². The minimum atomic E-state index is -0.758. The first-order valence-electron chi connectivity index (χ1n) is 16.1. The number of phenolic OH excluding ortho intramolecular Hbond substituents is 1. The summed E-state index contributed by atoms with van der Waals surface area (Å²) in [6.07, 6.45) is 6.83. The van der Waals surface area contributed by atoms with Crippen LogP contribution in [0, 0.1) is 0 Å². The summed E-state index contributed by atoms with van der Waals surface area (Å²) in [7, 11) is 2.16. The Morgan fingerprint density at radius 1 is 0.978 bits per heavy atom. The maximum Gasteiger partial charge on any atom is 0.322 e. The van der Waals surface area contributed by atoms with Crippen molar-refractivity contribution >= 4 is 55.5 Å². The van der Waals surface area contributed by atoms with E-state index in [1.807, 2.05) is 15.9 Å². The molecule has 3 N–H and O–H groups in total. The van der Waals surface area contributed by atoms with Gasteiger partial charge in [-0.25, -0.2) is 9.59 Å². The number of aromatic nitrogens is 1. The fourth-order valence-electron chi connectivity index (χ4n) is 7.06. The van der Waals surface area contributed by atoms with E-state index in [0.29, 0.717) is 67.0 Å². The first-order valence-corrected chi connectivity index (χ1v) is 17.7. The van der Waals surface area contributed by atoms with E-state index >= 15 is 0 Å². The summed E-state index contributed by atoms with van der Waals surface area (Å²) in [6, 6.07) is 4.80. The molecule has 12 nitrogen and oxygen atoms in total. The number of rotatable bonds is 6. The highest BCUT2D eigenvalue weighted by Gasteiger charge is 2.36. The third kappa shape index (κ3) is 7.45. The number of carbonyl (C=O) groups is 3. The molecule has 0 aliphatic carbocycles. The van der Waals surface area contributed by atoms with Crippen molar-refractivity contribution in [1.82, 2.24) is 34.8 Å². The van der Waals surface area contributed by atoms with Crippen LogP contribution in [0.3, 0.4) is 0 Å². The van der Waals surface area contributed by atoms with Gasteiger partial charge in [0.1, 0.15) is 11.8 Å². The topological polar surface area (TPSA) is 125 Å². The zero-order valence-corrected chi connectivity index (χ0v) is 29.3. The molecule has 6 rings (SSSR count). The molecule has 5 heterocycles. The van der Waals surface area contributed by atoms with Gasteiger partial charge in [0.15, 0.2) is 0 Å². The average Bonchev–Trinajstić information content (AvgIpc) is 3.06. The van der Waals surface area contributed by atoms with E-state index in [1.54, 1.807) is 29.4 Å². The minimum absolute atomic E-state index is 0.0103. The van der Waals surface area contributed by atoms with Crippen molar-refractivity contribution < 1.29 is 19.5 Å². The predicted molar refractivity (Wildman–Crippen MR) is 182 cm³/mol. The molecule has 1 aromatic heterocycles. The standard InChI is InChI=1S/C32H42Br2N8O4/c1-38-12-14-39(15-13-38)23-3-8-40(9-4-23)30(44)27(18-21-16-25(33)29(43)26(34)17-21)36-31(45)41-10-5-24(6-11-41)42-20-22-2-7-35-19-28(22)37-32(42)46/h2,7,16-17,19,23-24,27,43H,3-6,8-15,18,20H2,1H3,(H,36,45)(H,37,46)/t27-/m1/s1. The fourth-order valence-corrected chi connectivity index (χ4v) is 8.34. The van der Waals surface area contributed by atoms with Crippen molar-refractivity contribution in [2.45, 2.75) is 56.8 Å². The van der Waals surface area contributed by atoms with Gasteiger partial charge in [-0.2, -0.15) is 0 Å². The number of benzene rings is 1. The van der Waals surface area contributed by atoms with Crippen LogP contribution in [0.15, 0.2) is 39.5 Å². The molecule has 3 fully saturated rings. The molecule has 0 saturated carbocycles. The first-order chi connectivity index (χ1) is 22.2. The number of pyridine rings is 1. The Morgan fingerprint density at radius 2 is 1.61 bits per heavy atom. The van der Waals surface area contributed by atoms with Crippen molar-refractivity contribution in [3.05, 3.63) is 50.7 Å². The van der Waals surface area contributed by atoms with Gasteiger partial charge >= 0.3 is 12.1 Å². The maximum atomic E-state index is 14.0. The van der Waals surface area contributed by atoms with Gasteiger partial charge in [-0.05, 0) is 93.9 Å². The number of amides is 5. The molecular formula is C32H42Br2N8O4. The number of piperidine rings is 2. The number of nitrogens with one attached hydrogen (secondary N) is 2. The number of phenols is 1. The zero-order valence-electron chi connectivity index (χ0n) is 26.1. The van der Waals surface area contributed by atoms with Gasteiger partial charge in [-0.3, -0.25) is 14.7 Å². The van der Waals surface area contributed by atoms with Gasteiger partial charge in [0, 0.05) is 83.6 Å². The monoisotopic (exact) mass is 760 g/mol. The van der Waals surface area contributed by atoms with E-state index in [1.165, 1.54) is 0 Å². The van der Waals surface area contributed by atoms with E-state index in [9.17, 15) is 19.5 Å². The highest BCUT2D eigenvalue weighted by molar-refractivity contribution is 9.11. The Labute approximate surface area is 286 Å². The number of halogens is 2. The second-order valence-electron chi connectivity index (χ2n) is 12.8. The van der Waals surface area contributed by atoms with E-state index in [2.05, 4.69) is 64.3 Å². The van der Waals surface area contributed by atoms with Crippen molar-refractivity contribution in [2.75, 3.05) is 64.7 Å². The van der Waals surface area contributed by atoms with Crippen molar-refractivity contribution in [2.24, 2.45) is 0 Å². The third-order valence-corrected chi connectivity index (χ3v) is 11.1. The lowest BCUT2D eigenvalue weighted by molar-refractivity contribution is -0.135. The van der Waals surface area contributed by atoms with Gasteiger partial charge in [0.25, 0.3) is 0 Å². The van der Waals surface area contributed by atoms with Crippen molar-refractivity contribution in [1.29, 1.82) is 0 Å². The number of likely N-dealkylation sites (tertiary alicyclic amines) is 2. The van der Waals surface area contributed by atoms with Gasteiger partial charge in [0.2, 0.25) is 5.91 Å². The lowest BCUT2D eigenvalue weighted by atomic mass is 9.99. The number of carbonyl (C=O) groups excluding carboxylic acids is 3. The Kier molecular flexibility index (Phi) is 10.4. The second-order valence-corrected chi connectivity index (χ2v) is 14.5. The summed E-state index contributed by atoms with van der Waals surface area (Å²) >= 11 is 6.80. The van der Waals surface area contributed by atoms with Crippen LogP contribution in [0.25, 0.3) is 0 Å². The Balaban J connectivity index is 1.09. The molecule has 0 radical (unpaired) electrons. The van der Waals surface area contributed by atoms with Crippen LogP contribution in [-0.4, -0.2) is 130 Å². The molecule has 2 aromatic rings.